The van der Waals surface area contributed by atoms with Crippen molar-refractivity contribution in [3.05, 3.63) is 41.1 Å². The molecule has 0 aliphatic carbocycles. The summed E-state index contributed by atoms with van der Waals surface area (Å²) in [6.45, 7) is 2.59. The van der Waals surface area contributed by atoms with E-state index in [1.165, 1.54) is 0 Å². The number of hydrogen-bond donors (Lipinski definition) is 1. The number of nitrogens with two attached hydrogens (primary N) is 1. The number of benzene rings is 1. The fourth-order valence-corrected chi connectivity index (χ4v) is 1.86. The van der Waals surface area contributed by atoms with Gasteiger partial charge in [0.2, 0.25) is 0 Å². The Bertz CT molecular complexity index is 509. The predicted molar refractivity (Wildman–Crippen MR) is 74.0 cm³/mol. The second kappa shape index (κ2) is 5.73. The minimum atomic E-state index is 0.484. The number of rotatable bonds is 4. The Hall–Kier alpha value is -1.75. The standard InChI is InChI=1S/C13H13BrN2O2/c1-2-17-9-3-5-10(6-4-9)18-13-11(14)7-16-8-12(13)15/h3-8H,2,15H2,1H3. The summed E-state index contributed by atoms with van der Waals surface area (Å²) in [5, 5.41) is 0. The van der Waals surface area contributed by atoms with E-state index in [1.807, 2.05) is 31.2 Å². The van der Waals surface area contributed by atoms with Crippen molar-refractivity contribution in [1.29, 1.82) is 0 Å². The highest BCUT2D eigenvalue weighted by atomic mass is 79.9. The molecule has 94 valence electrons. The summed E-state index contributed by atoms with van der Waals surface area (Å²) in [6, 6.07) is 7.36. The van der Waals surface area contributed by atoms with Gasteiger partial charge in [0.25, 0.3) is 0 Å². The van der Waals surface area contributed by atoms with Gasteiger partial charge in [0.15, 0.2) is 5.75 Å². The third kappa shape index (κ3) is 2.92. The summed E-state index contributed by atoms with van der Waals surface area (Å²) in [7, 11) is 0. The highest BCUT2D eigenvalue weighted by Crippen LogP contribution is 2.34. The van der Waals surface area contributed by atoms with E-state index >= 15 is 0 Å². The zero-order valence-corrected chi connectivity index (χ0v) is 11.5. The van der Waals surface area contributed by atoms with Crippen LogP contribution in [0.5, 0.6) is 17.2 Å². The van der Waals surface area contributed by atoms with E-state index in [9.17, 15) is 0 Å². The van der Waals surface area contributed by atoms with Crippen LogP contribution in [0.4, 0.5) is 5.69 Å². The molecule has 2 rings (SSSR count). The number of pyridine rings is 1. The summed E-state index contributed by atoms with van der Waals surface area (Å²) < 4.78 is 11.8. The van der Waals surface area contributed by atoms with Crippen LogP contribution in [0.15, 0.2) is 41.1 Å². The Balaban J connectivity index is 2.18. The number of aromatic nitrogens is 1. The van der Waals surface area contributed by atoms with E-state index in [0.29, 0.717) is 23.8 Å². The molecule has 1 aromatic carbocycles. The van der Waals surface area contributed by atoms with Gasteiger partial charge in [-0.05, 0) is 47.1 Å². The van der Waals surface area contributed by atoms with E-state index in [4.69, 9.17) is 15.2 Å². The molecule has 0 fully saturated rings. The van der Waals surface area contributed by atoms with E-state index in [0.717, 1.165) is 10.2 Å². The average Bonchev–Trinajstić information content (AvgIpc) is 2.36. The van der Waals surface area contributed by atoms with Crippen LogP contribution in [-0.2, 0) is 0 Å². The number of hydrogen-bond acceptors (Lipinski definition) is 4. The summed E-state index contributed by atoms with van der Waals surface area (Å²) in [6.07, 6.45) is 3.19. The lowest BCUT2D eigenvalue weighted by Gasteiger charge is -2.10. The Kier molecular flexibility index (Phi) is 4.04. The fraction of sp³-hybridized carbons (Fsp3) is 0.154. The van der Waals surface area contributed by atoms with Crippen molar-refractivity contribution in [2.45, 2.75) is 6.92 Å². The Morgan fingerprint density at radius 3 is 2.44 bits per heavy atom. The van der Waals surface area contributed by atoms with Crippen LogP contribution in [0, 0.1) is 0 Å². The van der Waals surface area contributed by atoms with Crippen LogP contribution < -0.4 is 15.2 Å². The molecule has 4 nitrogen and oxygen atoms in total. The molecule has 0 saturated heterocycles. The maximum Gasteiger partial charge on any atom is 0.167 e. The van der Waals surface area contributed by atoms with Gasteiger partial charge in [-0.1, -0.05) is 0 Å². The molecule has 0 spiro atoms. The van der Waals surface area contributed by atoms with E-state index in [2.05, 4.69) is 20.9 Å². The van der Waals surface area contributed by atoms with Gasteiger partial charge in [-0.2, -0.15) is 0 Å². The van der Waals surface area contributed by atoms with Crippen LogP contribution in [0.1, 0.15) is 6.92 Å². The topological polar surface area (TPSA) is 57.4 Å². The van der Waals surface area contributed by atoms with Gasteiger partial charge in [0.05, 0.1) is 23.0 Å². The number of ether oxygens (including phenoxy) is 2. The maximum absolute atomic E-state index is 5.80. The summed E-state index contributed by atoms with van der Waals surface area (Å²) in [5.74, 6) is 2.07. The average molecular weight is 309 g/mol. The zero-order valence-electron chi connectivity index (χ0n) is 9.89. The molecule has 1 heterocycles. The molecular weight excluding hydrogens is 296 g/mol. The molecular formula is C13H13BrN2O2. The van der Waals surface area contributed by atoms with Crippen molar-refractivity contribution in [3.8, 4) is 17.2 Å². The number of nitrogen functional groups attached to an aromatic ring is 1. The van der Waals surface area contributed by atoms with Crippen LogP contribution in [-0.4, -0.2) is 11.6 Å². The molecule has 18 heavy (non-hydrogen) atoms. The summed E-state index contributed by atoms with van der Waals surface area (Å²) in [5.41, 5.74) is 6.29. The lowest BCUT2D eigenvalue weighted by Crippen LogP contribution is -1.95. The first kappa shape index (κ1) is 12.7. The lowest BCUT2D eigenvalue weighted by molar-refractivity contribution is 0.339. The summed E-state index contributed by atoms with van der Waals surface area (Å²) in [4.78, 5) is 3.95. The third-order valence-corrected chi connectivity index (χ3v) is 2.80. The molecule has 0 aliphatic rings. The maximum atomic E-state index is 5.80. The van der Waals surface area contributed by atoms with Crippen LogP contribution in [0.3, 0.4) is 0 Å². The largest absolute Gasteiger partial charge is 0.494 e. The molecule has 0 aliphatic heterocycles. The van der Waals surface area contributed by atoms with Crippen molar-refractivity contribution in [2.24, 2.45) is 0 Å². The Morgan fingerprint density at radius 2 is 1.83 bits per heavy atom. The molecule has 0 radical (unpaired) electrons. The van der Waals surface area contributed by atoms with Crippen molar-refractivity contribution in [2.75, 3.05) is 12.3 Å². The predicted octanol–water partition coefficient (Wildman–Crippen LogP) is 3.62. The molecule has 0 bridgehead atoms. The van der Waals surface area contributed by atoms with Gasteiger partial charge in [-0.15, -0.1) is 0 Å². The van der Waals surface area contributed by atoms with Crippen LogP contribution in [0.25, 0.3) is 0 Å². The van der Waals surface area contributed by atoms with Crippen LogP contribution in [0.2, 0.25) is 0 Å². The van der Waals surface area contributed by atoms with Crippen molar-refractivity contribution < 1.29 is 9.47 Å². The Morgan fingerprint density at radius 1 is 1.17 bits per heavy atom. The first-order chi connectivity index (χ1) is 8.70. The number of anilines is 1. The molecule has 0 saturated carbocycles. The number of halogens is 1. The van der Waals surface area contributed by atoms with Gasteiger partial charge in [-0.3, -0.25) is 4.98 Å². The van der Waals surface area contributed by atoms with Crippen molar-refractivity contribution in [1.82, 2.24) is 4.98 Å². The van der Waals surface area contributed by atoms with Gasteiger partial charge >= 0.3 is 0 Å². The second-order valence-electron chi connectivity index (χ2n) is 3.55. The molecule has 2 N–H and O–H groups in total. The molecule has 0 atom stereocenters. The molecule has 2 aromatic rings. The van der Waals surface area contributed by atoms with Gasteiger partial charge in [0.1, 0.15) is 11.5 Å². The first-order valence-corrected chi connectivity index (χ1v) is 6.29. The van der Waals surface area contributed by atoms with Crippen molar-refractivity contribution >= 4 is 21.6 Å². The number of nitrogens with zero attached hydrogens (tertiary/aromatic N) is 1. The van der Waals surface area contributed by atoms with Crippen LogP contribution >= 0.6 is 15.9 Å². The zero-order chi connectivity index (χ0) is 13.0. The van der Waals surface area contributed by atoms with E-state index in [1.54, 1.807) is 12.4 Å². The minimum absolute atomic E-state index is 0.484. The van der Waals surface area contributed by atoms with Crippen molar-refractivity contribution in [3.63, 3.8) is 0 Å². The quantitative estimate of drug-likeness (QED) is 0.937. The molecule has 0 amide bonds. The summed E-state index contributed by atoms with van der Waals surface area (Å²) >= 11 is 3.35. The second-order valence-corrected chi connectivity index (χ2v) is 4.40. The Labute approximate surface area is 114 Å². The smallest absolute Gasteiger partial charge is 0.167 e. The van der Waals surface area contributed by atoms with Gasteiger partial charge in [-0.25, -0.2) is 0 Å². The monoisotopic (exact) mass is 308 g/mol. The molecule has 0 unspecified atom stereocenters. The lowest BCUT2D eigenvalue weighted by atomic mass is 10.3. The van der Waals surface area contributed by atoms with E-state index < -0.39 is 0 Å². The van der Waals surface area contributed by atoms with Gasteiger partial charge < -0.3 is 15.2 Å². The molecule has 5 heteroatoms. The molecule has 1 aromatic heterocycles. The third-order valence-electron chi connectivity index (χ3n) is 2.24. The highest BCUT2D eigenvalue weighted by Gasteiger charge is 2.07. The highest BCUT2D eigenvalue weighted by molar-refractivity contribution is 9.10. The van der Waals surface area contributed by atoms with Gasteiger partial charge in [0, 0.05) is 6.20 Å². The van der Waals surface area contributed by atoms with E-state index in [-0.39, 0.29) is 0 Å². The SMILES string of the molecule is CCOc1ccc(Oc2c(N)cncc2Br)cc1. The minimum Gasteiger partial charge on any atom is -0.494 e. The first-order valence-electron chi connectivity index (χ1n) is 5.50. The fourth-order valence-electron chi connectivity index (χ4n) is 1.43. The normalized spacial score (nSPS) is 10.1.